The molecule has 0 saturated carbocycles. The summed E-state index contributed by atoms with van der Waals surface area (Å²) in [5, 5.41) is 5.93. The molecule has 6 heteroatoms. The molecule has 1 aliphatic rings. The van der Waals surface area contributed by atoms with Gasteiger partial charge in [-0.1, -0.05) is 24.6 Å². The van der Waals surface area contributed by atoms with Gasteiger partial charge in [-0.2, -0.15) is 0 Å². The highest BCUT2D eigenvalue weighted by Gasteiger charge is 2.30. The number of amides is 1. The van der Waals surface area contributed by atoms with Gasteiger partial charge in [-0.3, -0.25) is 9.69 Å². The summed E-state index contributed by atoms with van der Waals surface area (Å²) in [4.78, 5) is 17.1. The Hall–Kier alpha value is -2.02. The van der Waals surface area contributed by atoms with Crippen molar-refractivity contribution in [3.8, 4) is 0 Å². The SMILES string of the molecule is Cc1sc(NC(=O)c2cccs2)c([C@@H](c2cccc(F)c2)N2CCCCC2)c1C. The molecule has 1 amide bonds. The maximum atomic E-state index is 14.1. The molecule has 1 atom stereocenters. The zero-order valence-electron chi connectivity index (χ0n) is 16.7. The normalized spacial score (nSPS) is 16.0. The molecule has 0 unspecified atom stereocenters. The fraction of sp³-hybridized carbons (Fsp3) is 0.348. The Morgan fingerprint density at radius 3 is 2.62 bits per heavy atom. The number of carbonyl (C=O) groups excluding carboxylic acids is 1. The third-order valence-electron chi connectivity index (χ3n) is 5.60. The van der Waals surface area contributed by atoms with Crippen LogP contribution in [-0.4, -0.2) is 23.9 Å². The molecule has 0 radical (unpaired) electrons. The van der Waals surface area contributed by atoms with Gasteiger partial charge in [-0.25, -0.2) is 4.39 Å². The summed E-state index contributed by atoms with van der Waals surface area (Å²) >= 11 is 3.04. The van der Waals surface area contributed by atoms with Gasteiger partial charge in [0.25, 0.3) is 5.91 Å². The Morgan fingerprint density at radius 2 is 1.93 bits per heavy atom. The van der Waals surface area contributed by atoms with Crippen LogP contribution in [0.15, 0.2) is 41.8 Å². The number of halogens is 1. The Balaban J connectivity index is 1.78. The molecule has 0 aliphatic carbocycles. The minimum absolute atomic E-state index is 0.0606. The van der Waals surface area contributed by atoms with Gasteiger partial charge in [-0.15, -0.1) is 22.7 Å². The summed E-state index contributed by atoms with van der Waals surface area (Å²) in [7, 11) is 0. The van der Waals surface area contributed by atoms with Gasteiger partial charge < -0.3 is 5.32 Å². The van der Waals surface area contributed by atoms with E-state index in [2.05, 4.69) is 24.1 Å². The van der Waals surface area contributed by atoms with E-state index in [0.717, 1.165) is 42.1 Å². The number of rotatable bonds is 5. The van der Waals surface area contributed by atoms with Crippen LogP contribution in [-0.2, 0) is 0 Å². The Kier molecular flexibility index (Phi) is 6.13. The summed E-state index contributed by atoms with van der Waals surface area (Å²) in [5.41, 5.74) is 3.22. The average Bonchev–Trinajstić information content (AvgIpc) is 3.34. The molecule has 2 aromatic heterocycles. The first-order chi connectivity index (χ1) is 14.0. The summed E-state index contributed by atoms with van der Waals surface area (Å²) in [6.07, 6.45) is 3.52. The van der Waals surface area contributed by atoms with Crippen LogP contribution in [0.25, 0.3) is 0 Å². The van der Waals surface area contributed by atoms with Crippen molar-refractivity contribution >= 4 is 33.6 Å². The van der Waals surface area contributed by atoms with E-state index in [-0.39, 0.29) is 17.8 Å². The van der Waals surface area contributed by atoms with E-state index in [9.17, 15) is 9.18 Å². The average molecular weight is 429 g/mol. The number of anilines is 1. The largest absolute Gasteiger partial charge is 0.313 e. The molecule has 1 fully saturated rings. The summed E-state index contributed by atoms with van der Waals surface area (Å²) in [6.45, 7) is 6.16. The van der Waals surface area contributed by atoms with E-state index in [1.807, 2.05) is 23.6 Å². The quantitative estimate of drug-likeness (QED) is 0.510. The van der Waals surface area contributed by atoms with Crippen molar-refractivity contribution < 1.29 is 9.18 Å². The van der Waals surface area contributed by atoms with Crippen LogP contribution >= 0.6 is 22.7 Å². The summed E-state index contributed by atoms with van der Waals surface area (Å²) in [6, 6.07) is 10.6. The van der Waals surface area contributed by atoms with Gasteiger partial charge in [0, 0.05) is 10.4 Å². The molecule has 1 aliphatic heterocycles. The Labute approximate surface area is 179 Å². The van der Waals surface area contributed by atoms with Gasteiger partial charge in [0.15, 0.2) is 0 Å². The predicted molar refractivity (Wildman–Crippen MR) is 120 cm³/mol. The van der Waals surface area contributed by atoms with Gasteiger partial charge in [0.05, 0.1) is 10.9 Å². The highest BCUT2D eigenvalue weighted by Crippen LogP contribution is 2.43. The molecule has 3 aromatic rings. The predicted octanol–water partition coefficient (Wildman–Crippen LogP) is 6.39. The van der Waals surface area contributed by atoms with Crippen molar-refractivity contribution in [1.29, 1.82) is 0 Å². The van der Waals surface area contributed by atoms with Crippen molar-refractivity contribution in [3.05, 3.63) is 74.0 Å². The third-order valence-corrected chi connectivity index (χ3v) is 7.60. The number of nitrogens with one attached hydrogen (secondary N) is 1. The number of hydrogen-bond acceptors (Lipinski definition) is 4. The van der Waals surface area contributed by atoms with Crippen LogP contribution < -0.4 is 5.32 Å². The number of thiophene rings is 2. The van der Waals surface area contributed by atoms with Gasteiger partial charge in [0.1, 0.15) is 10.8 Å². The zero-order valence-corrected chi connectivity index (χ0v) is 18.3. The molecule has 3 heterocycles. The van der Waals surface area contributed by atoms with E-state index in [1.165, 1.54) is 34.3 Å². The highest BCUT2D eigenvalue weighted by atomic mass is 32.1. The number of carbonyl (C=O) groups is 1. The first-order valence-corrected chi connectivity index (χ1v) is 11.7. The molecule has 4 rings (SSSR count). The molecule has 0 spiro atoms. The van der Waals surface area contributed by atoms with E-state index < -0.39 is 0 Å². The second-order valence-electron chi connectivity index (χ2n) is 7.51. The monoisotopic (exact) mass is 428 g/mol. The first-order valence-electron chi connectivity index (χ1n) is 9.99. The lowest BCUT2D eigenvalue weighted by Crippen LogP contribution is -2.35. The number of hydrogen-bond donors (Lipinski definition) is 1. The molecule has 152 valence electrons. The van der Waals surface area contributed by atoms with Crippen LogP contribution in [0.2, 0.25) is 0 Å². The molecular formula is C23H25FN2OS2. The maximum absolute atomic E-state index is 14.1. The van der Waals surface area contributed by atoms with Crippen LogP contribution in [0, 0.1) is 19.7 Å². The van der Waals surface area contributed by atoms with Crippen molar-refractivity contribution in [3.63, 3.8) is 0 Å². The zero-order chi connectivity index (χ0) is 20.4. The number of piperidine rings is 1. The standard InChI is InChI=1S/C23H25FN2OS2/c1-15-16(2)29-23(25-22(27)19-10-7-13-28-19)20(15)21(26-11-4-3-5-12-26)17-8-6-9-18(24)14-17/h6-10,13-14,21H,3-5,11-12H2,1-2H3,(H,25,27)/t21-/m1/s1. The first kappa shape index (κ1) is 20.3. The van der Waals surface area contributed by atoms with E-state index in [0.29, 0.717) is 4.88 Å². The maximum Gasteiger partial charge on any atom is 0.266 e. The fourth-order valence-electron chi connectivity index (χ4n) is 4.05. The molecule has 0 bridgehead atoms. The minimum Gasteiger partial charge on any atom is -0.313 e. The van der Waals surface area contributed by atoms with Crippen LogP contribution in [0.5, 0.6) is 0 Å². The van der Waals surface area contributed by atoms with Crippen molar-refractivity contribution in [1.82, 2.24) is 4.90 Å². The molecule has 1 saturated heterocycles. The van der Waals surface area contributed by atoms with Crippen LogP contribution in [0.3, 0.4) is 0 Å². The number of aryl methyl sites for hydroxylation is 1. The van der Waals surface area contributed by atoms with Crippen molar-refractivity contribution in [2.75, 3.05) is 18.4 Å². The number of benzene rings is 1. The van der Waals surface area contributed by atoms with Crippen molar-refractivity contribution in [2.45, 2.75) is 39.2 Å². The minimum atomic E-state index is -0.224. The van der Waals surface area contributed by atoms with E-state index >= 15 is 0 Å². The lowest BCUT2D eigenvalue weighted by atomic mass is 9.93. The topological polar surface area (TPSA) is 32.3 Å². The molecular weight excluding hydrogens is 403 g/mol. The van der Waals surface area contributed by atoms with Crippen LogP contribution in [0.4, 0.5) is 9.39 Å². The Morgan fingerprint density at radius 1 is 1.14 bits per heavy atom. The number of likely N-dealkylation sites (tertiary alicyclic amines) is 1. The molecule has 3 nitrogen and oxygen atoms in total. The molecule has 1 aromatic carbocycles. The van der Waals surface area contributed by atoms with Crippen LogP contribution in [0.1, 0.15) is 56.5 Å². The summed E-state index contributed by atoms with van der Waals surface area (Å²) < 4.78 is 14.1. The summed E-state index contributed by atoms with van der Waals surface area (Å²) in [5.74, 6) is -0.308. The van der Waals surface area contributed by atoms with Crippen molar-refractivity contribution in [2.24, 2.45) is 0 Å². The smallest absolute Gasteiger partial charge is 0.266 e. The highest BCUT2D eigenvalue weighted by molar-refractivity contribution is 7.17. The van der Waals surface area contributed by atoms with E-state index in [1.54, 1.807) is 23.5 Å². The second kappa shape index (κ2) is 8.78. The third kappa shape index (κ3) is 4.29. The van der Waals surface area contributed by atoms with Gasteiger partial charge >= 0.3 is 0 Å². The lowest BCUT2D eigenvalue weighted by molar-refractivity contribution is 0.103. The number of nitrogens with zero attached hydrogens (tertiary/aromatic N) is 1. The Bertz CT molecular complexity index is 990. The van der Waals surface area contributed by atoms with Gasteiger partial charge in [0.2, 0.25) is 0 Å². The lowest BCUT2D eigenvalue weighted by Gasteiger charge is -2.36. The molecule has 29 heavy (non-hydrogen) atoms. The molecule has 1 N–H and O–H groups in total. The van der Waals surface area contributed by atoms with Gasteiger partial charge in [-0.05, 0) is 74.5 Å². The second-order valence-corrected chi connectivity index (χ2v) is 9.68. The fourth-order valence-corrected chi connectivity index (χ4v) is 5.76. The van der Waals surface area contributed by atoms with E-state index in [4.69, 9.17) is 0 Å².